The summed E-state index contributed by atoms with van der Waals surface area (Å²) in [6, 6.07) is 21.7. The lowest BCUT2D eigenvalue weighted by molar-refractivity contribution is 0.102. The van der Waals surface area contributed by atoms with Gasteiger partial charge in [-0.2, -0.15) is 0 Å². The van der Waals surface area contributed by atoms with Crippen LogP contribution in [0.25, 0.3) is 11.3 Å². The number of halogens is 1. The number of amides is 1. The second kappa shape index (κ2) is 11.6. The molecule has 0 aliphatic heterocycles. The molecule has 0 spiro atoms. The number of nitrogens with one attached hydrogen (secondary N) is 2. The summed E-state index contributed by atoms with van der Waals surface area (Å²) in [6.45, 7) is 2.21. The summed E-state index contributed by atoms with van der Waals surface area (Å²) in [5.74, 6) is -0.418. The molecule has 4 nitrogen and oxygen atoms in total. The van der Waals surface area contributed by atoms with Crippen molar-refractivity contribution in [3.8, 4) is 11.3 Å². The van der Waals surface area contributed by atoms with Crippen molar-refractivity contribution in [1.82, 2.24) is 4.98 Å². The summed E-state index contributed by atoms with van der Waals surface area (Å²) >= 11 is 1.45. The number of anilines is 3. The Labute approximate surface area is 203 Å². The highest BCUT2D eigenvalue weighted by molar-refractivity contribution is 7.14. The van der Waals surface area contributed by atoms with E-state index < -0.39 is 0 Å². The summed E-state index contributed by atoms with van der Waals surface area (Å²) < 4.78 is 13.4. The average Bonchev–Trinajstić information content (AvgIpc) is 3.31. The van der Waals surface area contributed by atoms with Crippen molar-refractivity contribution in [3.63, 3.8) is 0 Å². The third kappa shape index (κ3) is 6.51. The minimum Gasteiger partial charge on any atom is -0.331 e. The normalized spacial score (nSPS) is 10.8. The number of hydrogen-bond donors (Lipinski definition) is 2. The number of aryl methyl sites for hydroxylation is 1. The van der Waals surface area contributed by atoms with Crippen molar-refractivity contribution in [2.24, 2.45) is 0 Å². The van der Waals surface area contributed by atoms with Crippen LogP contribution in [0.3, 0.4) is 0 Å². The molecular formula is C28H28FN3OS. The van der Waals surface area contributed by atoms with Gasteiger partial charge in [0.05, 0.1) is 5.69 Å². The Morgan fingerprint density at radius 2 is 1.74 bits per heavy atom. The monoisotopic (exact) mass is 473 g/mol. The van der Waals surface area contributed by atoms with E-state index in [0.717, 1.165) is 23.4 Å². The summed E-state index contributed by atoms with van der Waals surface area (Å²) in [6.07, 6.45) is 6.00. The van der Waals surface area contributed by atoms with Gasteiger partial charge < -0.3 is 10.6 Å². The SMILES string of the molecule is CCCCCCc1ccc(C(=O)Nc2ccc(-c3csc(Nc4cccc(F)c4)n3)cc2)cc1. The fraction of sp³-hybridized carbons (Fsp3) is 0.214. The maximum absolute atomic E-state index is 13.4. The van der Waals surface area contributed by atoms with E-state index in [0.29, 0.717) is 16.4 Å². The van der Waals surface area contributed by atoms with Gasteiger partial charge in [0.25, 0.3) is 5.91 Å². The Kier molecular flexibility index (Phi) is 8.04. The van der Waals surface area contributed by atoms with Gasteiger partial charge in [0, 0.05) is 27.9 Å². The highest BCUT2D eigenvalue weighted by atomic mass is 32.1. The molecule has 4 rings (SSSR count). The van der Waals surface area contributed by atoms with E-state index in [-0.39, 0.29) is 11.7 Å². The first-order valence-electron chi connectivity index (χ1n) is 11.6. The van der Waals surface area contributed by atoms with Gasteiger partial charge in [-0.25, -0.2) is 9.37 Å². The standard InChI is InChI=1S/C28H28FN3OS/c1-2-3-4-5-7-20-10-12-22(13-11-20)27(33)30-24-16-14-21(15-17-24)26-19-34-28(32-26)31-25-9-6-8-23(29)18-25/h6,8-19H,2-5,7H2,1H3,(H,30,33)(H,31,32). The molecule has 6 heteroatoms. The smallest absolute Gasteiger partial charge is 0.255 e. The molecular weight excluding hydrogens is 445 g/mol. The van der Waals surface area contributed by atoms with Crippen LogP contribution in [0.5, 0.6) is 0 Å². The average molecular weight is 474 g/mol. The van der Waals surface area contributed by atoms with Crippen LogP contribution < -0.4 is 10.6 Å². The maximum Gasteiger partial charge on any atom is 0.255 e. The highest BCUT2D eigenvalue weighted by Crippen LogP contribution is 2.28. The highest BCUT2D eigenvalue weighted by Gasteiger charge is 2.09. The lowest BCUT2D eigenvalue weighted by Crippen LogP contribution is -2.11. The van der Waals surface area contributed by atoms with Gasteiger partial charge in [-0.3, -0.25) is 4.79 Å². The van der Waals surface area contributed by atoms with E-state index in [1.807, 2.05) is 53.9 Å². The molecule has 0 atom stereocenters. The van der Waals surface area contributed by atoms with E-state index in [4.69, 9.17) is 0 Å². The van der Waals surface area contributed by atoms with E-state index in [9.17, 15) is 9.18 Å². The van der Waals surface area contributed by atoms with E-state index in [1.165, 1.54) is 54.7 Å². The number of rotatable bonds is 10. The molecule has 0 saturated carbocycles. The van der Waals surface area contributed by atoms with E-state index >= 15 is 0 Å². The molecule has 2 N–H and O–H groups in total. The van der Waals surface area contributed by atoms with Gasteiger partial charge in [0.15, 0.2) is 5.13 Å². The molecule has 0 aliphatic rings. The van der Waals surface area contributed by atoms with Crippen LogP contribution in [0.1, 0.15) is 48.5 Å². The molecule has 0 bridgehead atoms. The van der Waals surface area contributed by atoms with Gasteiger partial charge in [-0.15, -0.1) is 11.3 Å². The van der Waals surface area contributed by atoms with Gasteiger partial charge in [-0.05, 0) is 60.9 Å². The molecule has 1 aromatic heterocycles. The number of unbranched alkanes of at least 4 members (excludes halogenated alkanes) is 3. The summed E-state index contributed by atoms with van der Waals surface area (Å²) in [5, 5.41) is 8.71. The predicted octanol–water partition coefficient (Wildman–Crippen LogP) is 8.07. The molecule has 0 unspecified atom stereocenters. The van der Waals surface area contributed by atoms with Crippen molar-refractivity contribution in [1.29, 1.82) is 0 Å². The van der Waals surface area contributed by atoms with Gasteiger partial charge >= 0.3 is 0 Å². The molecule has 174 valence electrons. The summed E-state index contributed by atoms with van der Waals surface area (Å²) in [5.41, 5.74) is 5.06. The zero-order chi connectivity index (χ0) is 23.8. The molecule has 4 aromatic rings. The van der Waals surface area contributed by atoms with Crippen LogP contribution in [0.2, 0.25) is 0 Å². The number of hydrogen-bond acceptors (Lipinski definition) is 4. The lowest BCUT2D eigenvalue weighted by Gasteiger charge is -2.07. The van der Waals surface area contributed by atoms with Crippen molar-refractivity contribution >= 4 is 33.8 Å². The Hall–Kier alpha value is -3.51. The van der Waals surface area contributed by atoms with Crippen LogP contribution in [-0.4, -0.2) is 10.9 Å². The lowest BCUT2D eigenvalue weighted by atomic mass is 10.0. The zero-order valence-electron chi connectivity index (χ0n) is 19.2. The van der Waals surface area contributed by atoms with Gasteiger partial charge in [-0.1, -0.05) is 56.5 Å². The molecule has 0 radical (unpaired) electrons. The predicted molar refractivity (Wildman–Crippen MR) is 139 cm³/mol. The number of carbonyl (C=O) groups excluding carboxylic acids is 1. The van der Waals surface area contributed by atoms with Gasteiger partial charge in [0.1, 0.15) is 5.82 Å². The first kappa shape index (κ1) is 23.6. The number of carbonyl (C=O) groups is 1. The Morgan fingerprint density at radius 3 is 2.47 bits per heavy atom. The molecule has 0 fully saturated rings. The quantitative estimate of drug-likeness (QED) is 0.229. The van der Waals surface area contributed by atoms with Crippen molar-refractivity contribution in [2.45, 2.75) is 39.0 Å². The fourth-order valence-corrected chi connectivity index (χ4v) is 4.40. The minimum atomic E-state index is -0.294. The minimum absolute atomic E-state index is 0.125. The summed E-state index contributed by atoms with van der Waals surface area (Å²) in [4.78, 5) is 17.2. The second-order valence-corrected chi connectivity index (χ2v) is 9.07. The van der Waals surface area contributed by atoms with Crippen molar-refractivity contribution in [2.75, 3.05) is 10.6 Å². The Bertz CT molecular complexity index is 1220. The van der Waals surface area contributed by atoms with Crippen LogP contribution in [0, 0.1) is 5.82 Å². The number of nitrogens with zero attached hydrogens (tertiary/aromatic N) is 1. The van der Waals surface area contributed by atoms with Crippen LogP contribution >= 0.6 is 11.3 Å². The zero-order valence-corrected chi connectivity index (χ0v) is 20.0. The third-order valence-electron chi connectivity index (χ3n) is 5.55. The molecule has 1 amide bonds. The Morgan fingerprint density at radius 1 is 0.941 bits per heavy atom. The topological polar surface area (TPSA) is 54.0 Å². The maximum atomic E-state index is 13.4. The first-order valence-corrected chi connectivity index (χ1v) is 12.5. The molecule has 1 heterocycles. The van der Waals surface area contributed by atoms with Crippen molar-refractivity contribution in [3.05, 3.63) is 95.1 Å². The van der Waals surface area contributed by atoms with Crippen molar-refractivity contribution < 1.29 is 9.18 Å². The van der Waals surface area contributed by atoms with Crippen LogP contribution in [0.15, 0.2) is 78.2 Å². The Balaban J connectivity index is 1.33. The van der Waals surface area contributed by atoms with E-state index in [1.54, 1.807) is 12.1 Å². The van der Waals surface area contributed by atoms with Crippen LogP contribution in [0.4, 0.5) is 20.9 Å². The first-order chi connectivity index (χ1) is 16.6. The molecule has 3 aromatic carbocycles. The molecule has 0 saturated heterocycles. The number of thiazole rings is 1. The van der Waals surface area contributed by atoms with Crippen LogP contribution in [-0.2, 0) is 6.42 Å². The third-order valence-corrected chi connectivity index (χ3v) is 6.31. The molecule has 0 aliphatic carbocycles. The second-order valence-electron chi connectivity index (χ2n) is 8.21. The summed E-state index contributed by atoms with van der Waals surface area (Å²) in [7, 11) is 0. The number of aromatic nitrogens is 1. The molecule has 34 heavy (non-hydrogen) atoms. The number of benzene rings is 3. The largest absolute Gasteiger partial charge is 0.331 e. The van der Waals surface area contributed by atoms with E-state index in [2.05, 4.69) is 22.5 Å². The fourth-order valence-electron chi connectivity index (χ4n) is 3.66. The van der Waals surface area contributed by atoms with Gasteiger partial charge in [0.2, 0.25) is 0 Å².